The van der Waals surface area contributed by atoms with Crippen LogP contribution in [0, 0.1) is 19.8 Å². The fraction of sp³-hybridized carbons (Fsp3) is 0.423. The summed E-state index contributed by atoms with van der Waals surface area (Å²) in [5.74, 6) is 0.829. The molecule has 0 saturated heterocycles. The van der Waals surface area contributed by atoms with Crippen LogP contribution in [0.5, 0.6) is 0 Å². The number of hydrogen-bond donors (Lipinski definition) is 0. The number of fused-ring (bicyclic) bond motifs is 1. The van der Waals surface area contributed by atoms with Gasteiger partial charge in [0.25, 0.3) is 0 Å². The summed E-state index contributed by atoms with van der Waals surface area (Å²) in [6.07, 6.45) is 7.69. The van der Waals surface area contributed by atoms with E-state index in [9.17, 15) is 0 Å². The van der Waals surface area contributed by atoms with Gasteiger partial charge < -0.3 is 0 Å². The van der Waals surface area contributed by atoms with Crippen molar-refractivity contribution in [3.63, 3.8) is 0 Å². The molecule has 0 aliphatic heterocycles. The lowest BCUT2D eigenvalue weighted by atomic mass is 9.93. The second-order valence-electron chi connectivity index (χ2n) is 8.36. The smallest absolute Gasteiger partial charge is 0.198 e. The number of benzene rings is 2. The van der Waals surface area contributed by atoms with Gasteiger partial charge >= 0.3 is 0 Å². The summed E-state index contributed by atoms with van der Waals surface area (Å²) >= 11 is 0. The maximum absolute atomic E-state index is 8.78. The molecule has 0 spiro atoms. The Labute approximate surface area is 165 Å². The molecule has 0 unspecified atom stereocenters. The Hall–Kier alpha value is -2.15. The first-order valence-corrected chi connectivity index (χ1v) is 10.5. The summed E-state index contributed by atoms with van der Waals surface area (Å²) in [5.41, 5.74) is 7.61. The van der Waals surface area contributed by atoms with Crippen LogP contribution in [-0.2, 0) is 19.9 Å². The van der Waals surface area contributed by atoms with Crippen LogP contribution in [0.1, 0.15) is 56.4 Å². The van der Waals surface area contributed by atoms with E-state index in [0.29, 0.717) is 6.04 Å². The van der Waals surface area contributed by atoms with Crippen molar-refractivity contribution in [2.24, 2.45) is 13.0 Å². The highest BCUT2D eigenvalue weighted by atomic mass is 14.9. The third-order valence-electron chi connectivity index (χ3n) is 6.46. The Kier molecular flexibility index (Phi) is 4.69. The van der Waals surface area contributed by atoms with Crippen LogP contribution in [0.15, 0.2) is 42.4 Å². The minimum Gasteiger partial charge on any atom is -0.198 e. The zero-order chi connectivity index (χ0) is 19.8. The van der Waals surface area contributed by atoms with Crippen molar-refractivity contribution in [3.8, 4) is 11.3 Å². The summed E-state index contributed by atoms with van der Waals surface area (Å²) in [5, 5.41) is 2.30. The molecule has 3 aromatic rings. The maximum Gasteiger partial charge on any atom is 0.220 e. The van der Waals surface area contributed by atoms with Crippen LogP contribution < -0.4 is 4.57 Å². The van der Waals surface area contributed by atoms with Gasteiger partial charge in [-0.15, -0.1) is 0 Å². The lowest BCUT2D eigenvalue weighted by Crippen LogP contribution is -2.35. The second kappa shape index (κ2) is 7.46. The van der Waals surface area contributed by atoms with Gasteiger partial charge in [-0.25, -0.2) is 0 Å². The minimum absolute atomic E-state index is 0.666. The molecular weight excluding hydrogens is 326 g/mol. The van der Waals surface area contributed by atoms with Crippen molar-refractivity contribution in [1.82, 2.24) is 0 Å². The van der Waals surface area contributed by atoms with E-state index in [1.54, 1.807) is 0 Å². The lowest BCUT2D eigenvalue weighted by Gasteiger charge is -2.13. The van der Waals surface area contributed by atoms with Crippen molar-refractivity contribution in [3.05, 3.63) is 64.8 Å². The van der Waals surface area contributed by atoms with Gasteiger partial charge in [0.15, 0.2) is 5.69 Å². The molecule has 1 aliphatic carbocycles. The highest BCUT2D eigenvalue weighted by molar-refractivity contribution is 5.94. The van der Waals surface area contributed by atoms with Crippen LogP contribution in [-0.4, -0.2) is 0 Å². The molecular formula is C26H32N+. The molecule has 0 atom stereocenters. The molecule has 1 heterocycles. The first-order valence-electron chi connectivity index (χ1n) is 11.0. The number of aryl methyl sites for hydroxylation is 2. The van der Waals surface area contributed by atoms with Crippen molar-refractivity contribution < 1.29 is 5.94 Å². The maximum atomic E-state index is 8.78. The average molecular weight is 360 g/mol. The summed E-state index contributed by atoms with van der Waals surface area (Å²) in [6.45, 7) is 6.48. The monoisotopic (exact) mass is 359 g/mol. The fourth-order valence-electron chi connectivity index (χ4n) is 4.67. The molecule has 1 fully saturated rings. The van der Waals surface area contributed by atoms with Gasteiger partial charge in [0.05, 0.1) is 6.76 Å². The average Bonchev–Trinajstić information content (AvgIpc) is 3.21. The number of hydrogen-bond acceptors (Lipinski definition) is 0. The SMILES string of the molecule is [2H]c1c(C)[n+](C)c(-c2cc(CC)ccc2C)c2ccc(CC3CCCC3)cc12. The van der Waals surface area contributed by atoms with E-state index in [4.69, 9.17) is 1.37 Å². The molecule has 4 rings (SSSR count). The Balaban J connectivity index is 1.91. The van der Waals surface area contributed by atoms with Crippen molar-refractivity contribution in [1.29, 1.82) is 0 Å². The van der Waals surface area contributed by atoms with Crippen LogP contribution in [0.2, 0.25) is 0 Å². The second-order valence-corrected chi connectivity index (χ2v) is 8.36. The van der Waals surface area contributed by atoms with Crippen LogP contribution in [0.4, 0.5) is 0 Å². The number of aromatic nitrogens is 1. The molecule has 0 bridgehead atoms. The fourth-order valence-corrected chi connectivity index (χ4v) is 4.67. The molecule has 0 amide bonds. The summed E-state index contributed by atoms with van der Waals surface area (Å²) in [4.78, 5) is 0. The number of rotatable bonds is 4. The van der Waals surface area contributed by atoms with Gasteiger partial charge in [-0.3, -0.25) is 0 Å². The Morgan fingerprint density at radius 1 is 1.04 bits per heavy atom. The summed E-state index contributed by atoms with van der Waals surface area (Å²) < 4.78 is 11.0. The highest BCUT2D eigenvalue weighted by Crippen LogP contribution is 2.32. The van der Waals surface area contributed by atoms with E-state index in [2.05, 4.69) is 68.8 Å². The lowest BCUT2D eigenvalue weighted by molar-refractivity contribution is -0.665. The minimum atomic E-state index is 0.666. The van der Waals surface area contributed by atoms with E-state index in [0.717, 1.165) is 29.8 Å². The van der Waals surface area contributed by atoms with Gasteiger partial charge in [0.1, 0.15) is 7.05 Å². The predicted molar refractivity (Wildman–Crippen MR) is 115 cm³/mol. The molecule has 0 radical (unpaired) electrons. The zero-order valence-electron chi connectivity index (χ0n) is 18.2. The van der Waals surface area contributed by atoms with Gasteiger partial charge in [0, 0.05) is 18.5 Å². The number of nitrogens with zero attached hydrogens (tertiary/aromatic N) is 1. The molecule has 1 saturated carbocycles. The first-order chi connectivity index (χ1) is 13.5. The standard InChI is InChI=1S/C26H32N/c1-5-20-11-10-18(2)25(17-20)26-24-13-12-22(15-21-8-6-7-9-21)16-23(24)14-19(3)27(26)4/h10-14,16-17,21H,5-9,15H2,1-4H3/q+1/i14D. The number of pyridine rings is 1. The van der Waals surface area contributed by atoms with E-state index < -0.39 is 0 Å². The third kappa shape index (κ3) is 3.52. The summed E-state index contributed by atoms with van der Waals surface area (Å²) in [6, 6.07) is 14.3. The molecule has 1 aromatic heterocycles. The molecule has 140 valence electrons. The van der Waals surface area contributed by atoms with E-state index in [1.165, 1.54) is 59.0 Å². The van der Waals surface area contributed by atoms with Crippen LogP contribution >= 0.6 is 0 Å². The third-order valence-corrected chi connectivity index (χ3v) is 6.46. The van der Waals surface area contributed by atoms with Crippen molar-refractivity contribution >= 4 is 10.8 Å². The van der Waals surface area contributed by atoms with Gasteiger partial charge in [-0.05, 0) is 59.9 Å². The Morgan fingerprint density at radius 3 is 2.52 bits per heavy atom. The normalized spacial score (nSPS) is 15.5. The van der Waals surface area contributed by atoms with Crippen molar-refractivity contribution in [2.45, 2.75) is 59.3 Å². The van der Waals surface area contributed by atoms with Gasteiger partial charge in [-0.1, -0.05) is 56.9 Å². The van der Waals surface area contributed by atoms with E-state index in [-0.39, 0.29) is 0 Å². The van der Waals surface area contributed by atoms with Gasteiger partial charge in [0.2, 0.25) is 5.69 Å². The summed E-state index contributed by atoms with van der Waals surface area (Å²) in [7, 11) is 2.10. The Morgan fingerprint density at radius 2 is 1.78 bits per heavy atom. The zero-order valence-corrected chi connectivity index (χ0v) is 17.2. The molecule has 1 heteroatoms. The van der Waals surface area contributed by atoms with E-state index >= 15 is 0 Å². The largest absolute Gasteiger partial charge is 0.220 e. The molecule has 27 heavy (non-hydrogen) atoms. The molecule has 0 N–H and O–H groups in total. The van der Waals surface area contributed by atoms with Gasteiger partial charge in [-0.2, -0.15) is 4.57 Å². The topological polar surface area (TPSA) is 3.88 Å². The Bertz CT molecular complexity index is 1030. The molecule has 1 aliphatic rings. The predicted octanol–water partition coefficient (Wildman–Crippen LogP) is 6.24. The first kappa shape index (κ1) is 17.0. The quantitative estimate of drug-likeness (QED) is 0.485. The molecule has 1 nitrogen and oxygen atoms in total. The highest BCUT2D eigenvalue weighted by Gasteiger charge is 2.21. The molecule has 2 aromatic carbocycles. The van der Waals surface area contributed by atoms with Crippen LogP contribution in [0.3, 0.4) is 0 Å². The van der Waals surface area contributed by atoms with Crippen LogP contribution in [0.25, 0.3) is 22.0 Å². The van der Waals surface area contributed by atoms with Crippen molar-refractivity contribution in [2.75, 3.05) is 0 Å². The van der Waals surface area contributed by atoms with E-state index in [1.807, 2.05) is 0 Å².